The summed E-state index contributed by atoms with van der Waals surface area (Å²) in [5, 5.41) is 15.8. The van der Waals surface area contributed by atoms with Crippen molar-refractivity contribution in [2.24, 2.45) is 0 Å². The summed E-state index contributed by atoms with van der Waals surface area (Å²) in [7, 11) is 0. The molecule has 0 heterocycles. The third kappa shape index (κ3) is 5.75. The van der Waals surface area contributed by atoms with Crippen molar-refractivity contribution in [3.05, 3.63) is 81.9 Å². The van der Waals surface area contributed by atoms with E-state index in [-0.39, 0.29) is 36.4 Å². The third-order valence-electron chi connectivity index (χ3n) is 4.94. The smallest absolute Gasteiger partial charge is 0.306 e. The fourth-order valence-electron chi connectivity index (χ4n) is 3.22. The molecule has 0 bridgehead atoms. The number of hydrogen-bond acceptors (Lipinski definition) is 6. The van der Waals surface area contributed by atoms with Crippen LogP contribution in [0.4, 0.5) is 11.4 Å². The Morgan fingerprint density at radius 1 is 1.00 bits per heavy atom. The minimum Gasteiger partial charge on any atom is -0.457 e. The summed E-state index contributed by atoms with van der Waals surface area (Å²) in [6.07, 6.45) is 0.361. The zero-order valence-corrected chi connectivity index (χ0v) is 17.5. The van der Waals surface area contributed by atoms with Crippen molar-refractivity contribution in [2.75, 3.05) is 11.9 Å². The second-order valence-corrected chi connectivity index (χ2v) is 7.27. The molecule has 0 aliphatic carbocycles. The maximum atomic E-state index is 12.2. The van der Waals surface area contributed by atoms with Crippen LogP contribution in [0.25, 0.3) is 10.8 Å². The molecule has 0 fully saturated rings. The first-order valence-corrected chi connectivity index (χ1v) is 10.1. The Morgan fingerprint density at radius 2 is 1.75 bits per heavy atom. The number of hydrogen-bond donors (Lipinski definition) is 1. The molecule has 3 aromatic carbocycles. The molecular formula is C24H22N2O6. The van der Waals surface area contributed by atoms with Gasteiger partial charge in [0.15, 0.2) is 6.61 Å². The van der Waals surface area contributed by atoms with Crippen LogP contribution < -0.4 is 5.32 Å². The average Bonchev–Trinajstić information content (AvgIpc) is 2.78. The van der Waals surface area contributed by atoms with Gasteiger partial charge in [-0.1, -0.05) is 48.5 Å². The molecule has 164 valence electrons. The molecule has 1 N–H and O–H groups in total. The van der Waals surface area contributed by atoms with Gasteiger partial charge in [-0.15, -0.1) is 0 Å². The van der Waals surface area contributed by atoms with Gasteiger partial charge in [0.05, 0.1) is 4.92 Å². The Balaban J connectivity index is 1.44. The summed E-state index contributed by atoms with van der Waals surface area (Å²) in [5.41, 5.74) is 1.07. The second kappa shape index (κ2) is 10.3. The number of Topliss-reactive ketones (excluding diaryl/α,β-unsaturated/α-hetero) is 1. The zero-order valence-electron chi connectivity index (χ0n) is 17.5. The first-order chi connectivity index (χ1) is 15.3. The third-order valence-corrected chi connectivity index (χ3v) is 4.94. The van der Waals surface area contributed by atoms with Gasteiger partial charge in [-0.2, -0.15) is 0 Å². The Kier molecular flexibility index (Phi) is 7.28. The maximum Gasteiger partial charge on any atom is 0.306 e. The van der Waals surface area contributed by atoms with Crippen molar-refractivity contribution in [2.45, 2.75) is 26.2 Å². The van der Waals surface area contributed by atoms with Crippen molar-refractivity contribution in [1.29, 1.82) is 0 Å². The number of anilines is 1. The van der Waals surface area contributed by atoms with Crippen LogP contribution in [-0.4, -0.2) is 29.2 Å². The van der Waals surface area contributed by atoms with E-state index in [9.17, 15) is 24.5 Å². The number of nitrogens with zero attached hydrogens (tertiary/aromatic N) is 1. The summed E-state index contributed by atoms with van der Waals surface area (Å²) < 4.78 is 4.96. The van der Waals surface area contributed by atoms with E-state index in [1.807, 2.05) is 42.5 Å². The largest absolute Gasteiger partial charge is 0.457 e. The number of nitrogens with one attached hydrogen (secondary N) is 1. The van der Waals surface area contributed by atoms with Gasteiger partial charge in [0.1, 0.15) is 0 Å². The molecular weight excluding hydrogens is 412 g/mol. The number of nitro groups is 1. The summed E-state index contributed by atoms with van der Waals surface area (Å²) in [4.78, 5) is 46.7. The number of nitro benzene ring substituents is 1. The number of esters is 1. The minimum atomic E-state index is -0.613. The molecule has 0 aliphatic heterocycles. The van der Waals surface area contributed by atoms with E-state index in [0.29, 0.717) is 11.3 Å². The first-order valence-electron chi connectivity index (χ1n) is 10.1. The number of benzene rings is 3. The second-order valence-electron chi connectivity index (χ2n) is 7.27. The van der Waals surface area contributed by atoms with Crippen molar-refractivity contribution < 1.29 is 24.0 Å². The molecule has 0 aliphatic rings. The van der Waals surface area contributed by atoms with Crippen LogP contribution in [0.15, 0.2) is 60.7 Å². The van der Waals surface area contributed by atoms with E-state index in [4.69, 9.17) is 4.74 Å². The Morgan fingerprint density at radius 3 is 2.53 bits per heavy atom. The molecule has 0 atom stereocenters. The lowest BCUT2D eigenvalue weighted by Gasteiger charge is -2.09. The predicted molar refractivity (Wildman–Crippen MR) is 120 cm³/mol. The summed E-state index contributed by atoms with van der Waals surface area (Å²) in [6.45, 7) is 1.06. The fraction of sp³-hybridized carbons (Fsp3) is 0.208. The highest BCUT2D eigenvalue weighted by Crippen LogP contribution is 2.23. The van der Waals surface area contributed by atoms with Crippen molar-refractivity contribution in [1.82, 2.24) is 0 Å². The quantitative estimate of drug-likeness (QED) is 0.228. The van der Waals surface area contributed by atoms with Gasteiger partial charge in [-0.3, -0.25) is 24.5 Å². The number of fused-ring (bicyclic) bond motifs is 1. The topological polar surface area (TPSA) is 116 Å². The van der Waals surface area contributed by atoms with Crippen LogP contribution in [-0.2, 0) is 14.3 Å². The van der Waals surface area contributed by atoms with Gasteiger partial charge in [0.2, 0.25) is 11.7 Å². The predicted octanol–water partition coefficient (Wildman–Crippen LogP) is 4.59. The van der Waals surface area contributed by atoms with Gasteiger partial charge in [-0.05, 0) is 24.8 Å². The SMILES string of the molecule is Cc1ccc(C(=O)COC(=O)CCCC(=O)Nc2cccc3ccccc23)cc1[N+](=O)[O-]. The number of rotatable bonds is 9. The lowest BCUT2D eigenvalue weighted by Crippen LogP contribution is -2.16. The van der Waals surface area contributed by atoms with Gasteiger partial charge >= 0.3 is 5.97 Å². The Bertz CT molecular complexity index is 1180. The zero-order chi connectivity index (χ0) is 23.1. The molecule has 8 heteroatoms. The Labute approximate surface area is 184 Å². The molecule has 8 nitrogen and oxygen atoms in total. The summed E-state index contributed by atoms with van der Waals surface area (Å²) in [5.74, 6) is -1.37. The standard InChI is InChI=1S/C24H22N2O6/c1-16-12-13-18(14-21(16)26(30)31)22(27)15-32-24(29)11-5-10-23(28)25-20-9-4-7-17-6-2-3-8-19(17)20/h2-4,6-9,12-14H,5,10-11,15H2,1H3,(H,25,28). The molecule has 3 rings (SSSR count). The molecule has 0 radical (unpaired) electrons. The summed E-state index contributed by atoms with van der Waals surface area (Å²) >= 11 is 0. The fourth-order valence-corrected chi connectivity index (χ4v) is 3.22. The first kappa shape index (κ1) is 22.6. The maximum absolute atomic E-state index is 12.2. The minimum absolute atomic E-state index is 0.0235. The number of aryl methyl sites for hydroxylation is 1. The van der Waals surface area contributed by atoms with E-state index in [2.05, 4.69) is 5.32 Å². The van der Waals surface area contributed by atoms with Gasteiger partial charge in [0.25, 0.3) is 5.69 Å². The monoisotopic (exact) mass is 434 g/mol. The molecule has 32 heavy (non-hydrogen) atoms. The molecule has 0 aromatic heterocycles. The van der Waals surface area contributed by atoms with Gasteiger partial charge < -0.3 is 10.1 Å². The molecule has 1 amide bonds. The number of ketones is 1. The van der Waals surface area contributed by atoms with Crippen LogP contribution >= 0.6 is 0 Å². The Hall–Kier alpha value is -4.07. The molecule has 0 saturated heterocycles. The average molecular weight is 434 g/mol. The highest BCUT2D eigenvalue weighted by atomic mass is 16.6. The van der Waals surface area contributed by atoms with E-state index in [1.54, 1.807) is 6.92 Å². The van der Waals surface area contributed by atoms with Crippen LogP contribution in [0.2, 0.25) is 0 Å². The highest BCUT2D eigenvalue weighted by Gasteiger charge is 2.16. The number of ether oxygens (including phenoxy) is 1. The van der Waals surface area contributed by atoms with Gasteiger partial charge in [-0.25, -0.2) is 0 Å². The van der Waals surface area contributed by atoms with E-state index in [0.717, 1.165) is 10.8 Å². The van der Waals surface area contributed by atoms with E-state index < -0.39 is 23.3 Å². The normalized spacial score (nSPS) is 10.5. The molecule has 0 spiro atoms. The van der Waals surface area contributed by atoms with Gasteiger partial charge in [0, 0.05) is 41.1 Å². The number of carbonyl (C=O) groups excluding carboxylic acids is 3. The molecule has 0 unspecified atom stereocenters. The summed E-state index contributed by atoms with van der Waals surface area (Å²) in [6, 6.07) is 17.4. The van der Waals surface area contributed by atoms with Crippen molar-refractivity contribution >= 4 is 39.8 Å². The number of carbonyl (C=O) groups is 3. The van der Waals surface area contributed by atoms with Crippen molar-refractivity contribution in [3.63, 3.8) is 0 Å². The van der Waals surface area contributed by atoms with Crippen LogP contribution in [0.5, 0.6) is 0 Å². The van der Waals surface area contributed by atoms with E-state index >= 15 is 0 Å². The lowest BCUT2D eigenvalue weighted by molar-refractivity contribution is -0.385. The van der Waals surface area contributed by atoms with E-state index in [1.165, 1.54) is 18.2 Å². The lowest BCUT2D eigenvalue weighted by atomic mass is 10.1. The molecule has 3 aromatic rings. The number of amides is 1. The highest BCUT2D eigenvalue weighted by molar-refractivity contribution is 6.02. The van der Waals surface area contributed by atoms with Crippen molar-refractivity contribution in [3.8, 4) is 0 Å². The van der Waals surface area contributed by atoms with Crippen LogP contribution in [0.3, 0.4) is 0 Å². The molecule has 0 saturated carbocycles. The van der Waals surface area contributed by atoms with Crippen LogP contribution in [0.1, 0.15) is 35.2 Å². The van der Waals surface area contributed by atoms with Crippen LogP contribution in [0, 0.1) is 17.0 Å².